The van der Waals surface area contributed by atoms with Crippen LogP contribution in [0.3, 0.4) is 0 Å². The topological polar surface area (TPSA) is 54.7 Å². The van der Waals surface area contributed by atoms with Crippen molar-refractivity contribution in [1.82, 2.24) is 9.97 Å². The van der Waals surface area contributed by atoms with E-state index < -0.39 is 0 Å². The summed E-state index contributed by atoms with van der Waals surface area (Å²) in [5, 5.41) is 0. The second-order valence-corrected chi connectivity index (χ2v) is 5.47. The summed E-state index contributed by atoms with van der Waals surface area (Å²) in [4.78, 5) is 7.80. The molecule has 3 nitrogen and oxygen atoms in total. The monoisotopic (exact) mass is 257 g/mol. The van der Waals surface area contributed by atoms with E-state index in [2.05, 4.69) is 55.9 Å². The van der Waals surface area contributed by atoms with Crippen LogP contribution in [-0.4, -0.2) is 9.97 Å². The number of nitrogens with two attached hydrogens (primary N) is 1. The van der Waals surface area contributed by atoms with E-state index >= 15 is 0 Å². The maximum absolute atomic E-state index is 6.21. The summed E-state index contributed by atoms with van der Waals surface area (Å²) >= 11 is 0. The predicted octanol–water partition coefficient (Wildman–Crippen LogP) is 3.74. The lowest BCUT2D eigenvalue weighted by atomic mass is 10.00. The van der Waals surface area contributed by atoms with Crippen LogP contribution >= 0.6 is 0 Å². The number of aromatic amines is 1. The highest BCUT2D eigenvalue weighted by Gasteiger charge is 2.16. The fraction of sp³-hybridized carbons (Fsp3) is 0.438. The van der Waals surface area contributed by atoms with E-state index in [4.69, 9.17) is 5.73 Å². The molecule has 0 aliphatic carbocycles. The molecule has 0 amide bonds. The van der Waals surface area contributed by atoms with Gasteiger partial charge in [0.25, 0.3) is 0 Å². The third-order valence-electron chi connectivity index (χ3n) is 3.70. The van der Waals surface area contributed by atoms with Gasteiger partial charge >= 0.3 is 0 Å². The van der Waals surface area contributed by atoms with Crippen molar-refractivity contribution in [3.05, 3.63) is 41.3 Å². The minimum absolute atomic E-state index is 0.0235. The highest BCUT2D eigenvalue weighted by Crippen LogP contribution is 2.24. The number of imidazole rings is 1. The number of rotatable bonds is 4. The smallest absolute Gasteiger partial charge is 0.123 e. The minimum atomic E-state index is -0.0235. The second-order valence-electron chi connectivity index (χ2n) is 5.47. The zero-order valence-electron chi connectivity index (χ0n) is 12.2. The highest BCUT2D eigenvalue weighted by molar-refractivity contribution is 5.60. The van der Waals surface area contributed by atoms with Gasteiger partial charge in [0.2, 0.25) is 0 Å². The van der Waals surface area contributed by atoms with Gasteiger partial charge in [-0.2, -0.15) is 0 Å². The van der Waals surface area contributed by atoms with Crippen molar-refractivity contribution in [2.45, 2.75) is 40.2 Å². The number of aromatic nitrogens is 2. The van der Waals surface area contributed by atoms with Crippen LogP contribution in [0.15, 0.2) is 24.4 Å². The Bertz CT molecular complexity index is 537. The Labute approximate surface area is 115 Å². The molecule has 19 heavy (non-hydrogen) atoms. The van der Waals surface area contributed by atoms with Crippen LogP contribution in [0.5, 0.6) is 0 Å². The number of H-pyrrole nitrogens is 1. The molecule has 2 atom stereocenters. The van der Waals surface area contributed by atoms with E-state index in [0.717, 1.165) is 17.9 Å². The number of hydrogen-bond acceptors (Lipinski definition) is 2. The fourth-order valence-electron chi connectivity index (χ4n) is 2.31. The van der Waals surface area contributed by atoms with Crippen molar-refractivity contribution in [2.24, 2.45) is 11.7 Å². The van der Waals surface area contributed by atoms with Gasteiger partial charge in [0, 0.05) is 5.56 Å². The Hall–Kier alpha value is -1.61. The molecular formula is C16H23N3. The summed E-state index contributed by atoms with van der Waals surface area (Å²) in [6.45, 7) is 8.53. The van der Waals surface area contributed by atoms with Gasteiger partial charge in [0.15, 0.2) is 0 Å². The number of benzene rings is 1. The summed E-state index contributed by atoms with van der Waals surface area (Å²) in [6, 6.07) is 6.48. The minimum Gasteiger partial charge on any atom is -0.341 e. The van der Waals surface area contributed by atoms with E-state index in [1.165, 1.54) is 16.7 Å². The average Bonchev–Trinajstić information content (AvgIpc) is 2.85. The molecule has 2 aromatic rings. The van der Waals surface area contributed by atoms with Gasteiger partial charge in [0.1, 0.15) is 5.82 Å². The van der Waals surface area contributed by atoms with Gasteiger partial charge in [-0.1, -0.05) is 37.5 Å². The largest absolute Gasteiger partial charge is 0.341 e. The molecule has 0 aliphatic rings. The van der Waals surface area contributed by atoms with Crippen LogP contribution < -0.4 is 5.73 Å². The zero-order chi connectivity index (χ0) is 14.0. The first-order chi connectivity index (χ1) is 9.01. The molecule has 2 rings (SSSR count). The lowest BCUT2D eigenvalue weighted by Gasteiger charge is -2.15. The zero-order valence-corrected chi connectivity index (χ0v) is 12.2. The summed E-state index contributed by atoms with van der Waals surface area (Å²) in [6.07, 6.45) is 2.94. The van der Waals surface area contributed by atoms with Crippen LogP contribution in [-0.2, 0) is 0 Å². The number of nitrogens with zero attached hydrogens (tertiary/aromatic N) is 1. The maximum atomic E-state index is 6.21. The van der Waals surface area contributed by atoms with Crippen LogP contribution in [0.25, 0.3) is 11.3 Å². The molecular weight excluding hydrogens is 234 g/mol. The number of nitrogens with one attached hydrogen (secondary N) is 1. The Balaban J connectivity index is 2.30. The summed E-state index contributed by atoms with van der Waals surface area (Å²) < 4.78 is 0. The molecule has 3 N–H and O–H groups in total. The standard InChI is InChI=1S/C16H23N3/c1-5-12(4)15(17)16-18-9-14(19-16)13-7-10(2)6-11(3)8-13/h6-9,12,15H,5,17H2,1-4H3,(H,18,19). The second kappa shape index (κ2) is 5.57. The van der Waals surface area contributed by atoms with Gasteiger partial charge in [-0.05, 0) is 31.9 Å². The molecule has 102 valence electrons. The molecule has 0 fully saturated rings. The third-order valence-corrected chi connectivity index (χ3v) is 3.70. The molecule has 2 unspecified atom stereocenters. The number of hydrogen-bond donors (Lipinski definition) is 2. The Morgan fingerprint density at radius 2 is 1.84 bits per heavy atom. The fourth-order valence-corrected chi connectivity index (χ4v) is 2.31. The van der Waals surface area contributed by atoms with E-state index in [0.29, 0.717) is 5.92 Å². The molecule has 1 aromatic carbocycles. The SMILES string of the molecule is CCC(C)C(N)c1ncc(-c2cc(C)cc(C)c2)[nH]1. The van der Waals surface area contributed by atoms with Crippen LogP contribution in [0, 0.1) is 19.8 Å². The van der Waals surface area contributed by atoms with E-state index in [-0.39, 0.29) is 6.04 Å². The first kappa shape index (κ1) is 13.8. The summed E-state index contributed by atoms with van der Waals surface area (Å²) in [5.74, 6) is 1.31. The molecule has 0 spiro atoms. The maximum Gasteiger partial charge on any atom is 0.123 e. The Morgan fingerprint density at radius 1 is 1.21 bits per heavy atom. The van der Waals surface area contributed by atoms with Crippen LogP contribution in [0.1, 0.15) is 43.3 Å². The van der Waals surface area contributed by atoms with Crippen LogP contribution in [0.2, 0.25) is 0 Å². The van der Waals surface area contributed by atoms with Crippen molar-refractivity contribution in [1.29, 1.82) is 0 Å². The van der Waals surface area contributed by atoms with Gasteiger partial charge < -0.3 is 10.7 Å². The molecule has 0 radical (unpaired) electrons. The van der Waals surface area contributed by atoms with Crippen molar-refractivity contribution >= 4 is 0 Å². The summed E-state index contributed by atoms with van der Waals surface area (Å²) in [5.41, 5.74) is 10.9. The van der Waals surface area contributed by atoms with E-state index in [1.807, 2.05) is 6.20 Å². The molecule has 0 saturated carbocycles. The van der Waals surface area contributed by atoms with Crippen molar-refractivity contribution in [3.63, 3.8) is 0 Å². The van der Waals surface area contributed by atoms with Crippen LogP contribution in [0.4, 0.5) is 0 Å². The molecule has 3 heteroatoms. The number of aryl methyl sites for hydroxylation is 2. The Kier molecular flexibility index (Phi) is 4.05. The van der Waals surface area contributed by atoms with Gasteiger partial charge in [-0.25, -0.2) is 4.98 Å². The molecule has 0 bridgehead atoms. The van der Waals surface area contributed by atoms with Crippen molar-refractivity contribution in [3.8, 4) is 11.3 Å². The average molecular weight is 257 g/mol. The summed E-state index contributed by atoms with van der Waals surface area (Å²) in [7, 11) is 0. The van der Waals surface area contributed by atoms with E-state index in [9.17, 15) is 0 Å². The van der Waals surface area contributed by atoms with Gasteiger partial charge in [0.05, 0.1) is 17.9 Å². The van der Waals surface area contributed by atoms with Gasteiger partial charge in [-0.3, -0.25) is 0 Å². The molecule has 1 aromatic heterocycles. The normalized spacial score (nSPS) is 14.4. The Morgan fingerprint density at radius 3 is 2.42 bits per heavy atom. The van der Waals surface area contributed by atoms with Crippen molar-refractivity contribution < 1.29 is 0 Å². The first-order valence-electron chi connectivity index (χ1n) is 6.90. The highest BCUT2D eigenvalue weighted by atomic mass is 15.0. The van der Waals surface area contributed by atoms with Gasteiger partial charge in [-0.15, -0.1) is 0 Å². The molecule has 1 heterocycles. The van der Waals surface area contributed by atoms with Crippen molar-refractivity contribution in [2.75, 3.05) is 0 Å². The molecule has 0 saturated heterocycles. The predicted molar refractivity (Wildman–Crippen MR) is 79.9 cm³/mol. The lowest BCUT2D eigenvalue weighted by Crippen LogP contribution is -2.19. The quantitative estimate of drug-likeness (QED) is 0.876. The lowest BCUT2D eigenvalue weighted by molar-refractivity contribution is 0.441. The first-order valence-corrected chi connectivity index (χ1v) is 6.90. The third kappa shape index (κ3) is 3.04. The van der Waals surface area contributed by atoms with E-state index in [1.54, 1.807) is 0 Å². The molecule has 0 aliphatic heterocycles.